The third kappa shape index (κ3) is 1.67. The smallest absolute Gasteiger partial charge is 0.344 e. The molecule has 6 heteroatoms. The Balaban J connectivity index is 3.60. The summed E-state index contributed by atoms with van der Waals surface area (Å²) in [6.45, 7) is 0.859. The van der Waals surface area contributed by atoms with Crippen molar-refractivity contribution in [3.63, 3.8) is 0 Å². The maximum Gasteiger partial charge on any atom is 0.344 e. The van der Waals surface area contributed by atoms with Crippen molar-refractivity contribution >= 4 is 5.97 Å². The van der Waals surface area contributed by atoms with Crippen molar-refractivity contribution < 1.29 is 27.1 Å². The van der Waals surface area contributed by atoms with Gasteiger partial charge in [0.15, 0.2) is 23.3 Å². The molecule has 15 heavy (non-hydrogen) atoms. The minimum Gasteiger partial charge on any atom is -0.465 e. The predicted molar refractivity (Wildman–Crippen MR) is 42.4 cm³/mol. The molecular weight excluding hydrogens is 216 g/mol. The number of ether oxygens (including phenoxy) is 1. The average Bonchev–Trinajstić information content (AvgIpc) is 2.23. The first-order chi connectivity index (χ1) is 6.91. The fraction of sp³-hybridized carbons (Fsp3) is 0.222. The fourth-order valence-electron chi connectivity index (χ4n) is 1.02. The molecule has 0 atom stereocenters. The van der Waals surface area contributed by atoms with Crippen LogP contribution in [0.1, 0.15) is 15.9 Å². The molecule has 1 rings (SSSR count). The van der Waals surface area contributed by atoms with Crippen molar-refractivity contribution in [1.29, 1.82) is 0 Å². The number of benzene rings is 1. The lowest BCUT2D eigenvalue weighted by Gasteiger charge is -2.07. The van der Waals surface area contributed by atoms with E-state index >= 15 is 0 Å². The van der Waals surface area contributed by atoms with Crippen molar-refractivity contribution in [1.82, 2.24) is 0 Å². The van der Waals surface area contributed by atoms with E-state index in [9.17, 15) is 22.4 Å². The number of carbonyl (C=O) groups is 1. The molecule has 0 aliphatic carbocycles. The second-order valence-corrected chi connectivity index (χ2v) is 2.75. The summed E-state index contributed by atoms with van der Waals surface area (Å²) >= 11 is 0. The molecule has 1 aromatic rings. The highest BCUT2D eigenvalue weighted by Crippen LogP contribution is 2.23. The van der Waals surface area contributed by atoms with Crippen LogP contribution in [0.2, 0.25) is 0 Å². The van der Waals surface area contributed by atoms with Crippen LogP contribution >= 0.6 is 0 Å². The van der Waals surface area contributed by atoms with Crippen LogP contribution in [0.3, 0.4) is 0 Å². The molecule has 1 aromatic carbocycles. The Morgan fingerprint density at radius 1 is 1.00 bits per heavy atom. The van der Waals surface area contributed by atoms with Gasteiger partial charge in [0.2, 0.25) is 0 Å². The highest BCUT2D eigenvalue weighted by atomic mass is 19.2. The summed E-state index contributed by atoms with van der Waals surface area (Å²) in [6, 6.07) is 0. The summed E-state index contributed by atoms with van der Waals surface area (Å²) in [7, 11) is 0.844. The van der Waals surface area contributed by atoms with Crippen LogP contribution < -0.4 is 0 Å². The van der Waals surface area contributed by atoms with E-state index in [4.69, 9.17) is 0 Å². The Hall–Kier alpha value is -1.59. The Morgan fingerprint density at radius 2 is 1.40 bits per heavy atom. The molecule has 82 valence electrons. The number of hydrogen-bond acceptors (Lipinski definition) is 2. The second kappa shape index (κ2) is 3.88. The lowest BCUT2D eigenvalue weighted by atomic mass is 10.1. The number of halogens is 4. The van der Waals surface area contributed by atoms with Crippen LogP contribution in [0.15, 0.2) is 0 Å². The number of methoxy groups -OCH3 is 1. The molecule has 0 fully saturated rings. The van der Waals surface area contributed by atoms with Crippen LogP contribution in [0, 0.1) is 30.2 Å². The van der Waals surface area contributed by atoms with Crippen molar-refractivity contribution in [3.05, 3.63) is 34.4 Å². The summed E-state index contributed by atoms with van der Waals surface area (Å²) < 4.78 is 56.0. The zero-order valence-electron chi connectivity index (χ0n) is 7.83. The maximum atomic E-state index is 13.1. The van der Waals surface area contributed by atoms with Gasteiger partial charge in [0.25, 0.3) is 0 Å². The zero-order chi connectivity index (χ0) is 11.7. The molecular formula is C9H6F4O2. The molecule has 0 N–H and O–H groups in total. The van der Waals surface area contributed by atoms with Gasteiger partial charge in [-0.2, -0.15) is 0 Å². The van der Waals surface area contributed by atoms with E-state index in [1.54, 1.807) is 0 Å². The lowest BCUT2D eigenvalue weighted by Crippen LogP contribution is -2.13. The highest BCUT2D eigenvalue weighted by Gasteiger charge is 2.27. The van der Waals surface area contributed by atoms with Crippen LogP contribution in [-0.4, -0.2) is 13.1 Å². The summed E-state index contributed by atoms with van der Waals surface area (Å²) in [5, 5.41) is 0. The first-order valence-electron chi connectivity index (χ1n) is 3.82. The fourth-order valence-corrected chi connectivity index (χ4v) is 1.02. The third-order valence-corrected chi connectivity index (χ3v) is 1.87. The molecule has 0 saturated carbocycles. The summed E-state index contributed by atoms with van der Waals surface area (Å²) in [6.07, 6.45) is 0. The van der Waals surface area contributed by atoms with E-state index < -0.39 is 40.4 Å². The number of hydrogen-bond donors (Lipinski definition) is 0. The molecule has 0 unspecified atom stereocenters. The second-order valence-electron chi connectivity index (χ2n) is 2.75. The van der Waals surface area contributed by atoms with Crippen LogP contribution in [0.4, 0.5) is 17.6 Å². The lowest BCUT2D eigenvalue weighted by molar-refractivity contribution is 0.0586. The van der Waals surface area contributed by atoms with E-state index in [0.29, 0.717) is 0 Å². The molecule has 0 aliphatic heterocycles. The molecule has 0 amide bonds. The standard InChI is InChI=1S/C9H6F4O2/c1-3-5(10)7(12)4(9(14)15-2)8(13)6(3)11/h1-2H3. The Kier molecular flexibility index (Phi) is 2.97. The quantitative estimate of drug-likeness (QED) is 0.414. The third-order valence-electron chi connectivity index (χ3n) is 1.87. The molecule has 0 heterocycles. The molecule has 0 aromatic heterocycles. The SMILES string of the molecule is COC(=O)c1c(F)c(F)c(C)c(F)c1F. The van der Waals surface area contributed by atoms with E-state index in [2.05, 4.69) is 4.74 Å². The molecule has 0 bridgehead atoms. The van der Waals surface area contributed by atoms with E-state index in [-0.39, 0.29) is 0 Å². The van der Waals surface area contributed by atoms with E-state index in [0.717, 1.165) is 14.0 Å². The summed E-state index contributed by atoms with van der Waals surface area (Å²) in [5.74, 6) is -8.18. The largest absolute Gasteiger partial charge is 0.465 e. The van der Waals surface area contributed by atoms with Gasteiger partial charge in [-0.3, -0.25) is 0 Å². The van der Waals surface area contributed by atoms with Gasteiger partial charge in [-0.15, -0.1) is 0 Å². The van der Waals surface area contributed by atoms with Gasteiger partial charge in [-0.05, 0) is 6.92 Å². The van der Waals surface area contributed by atoms with Gasteiger partial charge >= 0.3 is 5.97 Å². The zero-order valence-corrected chi connectivity index (χ0v) is 7.83. The highest BCUT2D eigenvalue weighted by molar-refractivity contribution is 5.90. The minimum absolute atomic E-state index is 0.822. The van der Waals surface area contributed by atoms with Gasteiger partial charge in [0.05, 0.1) is 7.11 Å². The molecule has 0 radical (unpaired) electrons. The summed E-state index contributed by atoms with van der Waals surface area (Å²) in [4.78, 5) is 10.8. The summed E-state index contributed by atoms with van der Waals surface area (Å²) in [5.41, 5.74) is -2.18. The molecule has 2 nitrogen and oxygen atoms in total. The Morgan fingerprint density at radius 3 is 1.73 bits per heavy atom. The van der Waals surface area contributed by atoms with Crippen molar-refractivity contribution in [2.24, 2.45) is 0 Å². The van der Waals surface area contributed by atoms with Gasteiger partial charge in [-0.1, -0.05) is 0 Å². The monoisotopic (exact) mass is 222 g/mol. The van der Waals surface area contributed by atoms with Crippen molar-refractivity contribution in [2.75, 3.05) is 7.11 Å². The van der Waals surface area contributed by atoms with E-state index in [1.165, 1.54) is 0 Å². The number of carbonyl (C=O) groups excluding carboxylic acids is 1. The van der Waals surface area contributed by atoms with E-state index in [1.807, 2.05) is 0 Å². The minimum atomic E-state index is -1.75. The Bertz CT molecular complexity index is 400. The van der Waals surface area contributed by atoms with Gasteiger partial charge in [0, 0.05) is 5.56 Å². The van der Waals surface area contributed by atoms with Crippen LogP contribution in [0.5, 0.6) is 0 Å². The van der Waals surface area contributed by atoms with Gasteiger partial charge in [0.1, 0.15) is 5.56 Å². The normalized spacial score (nSPS) is 10.3. The number of esters is 1. The maximum absolute atomic E-state index is 13.1. The number of rotatable bonds is 1. The van der Waals surface area contributed by atoms with Gasteiger partial charge < -0.3 is 4.74 Å². The van der Waals surface area contributed by atoms with Crippen LogP contribution in [0.25, 0.3) is 0 Å². The first kappa shape index (κ1) is 11.5. The molecule has 0 aliphatic rings. The van der Waals surface area contributed by atoms with Gasteiger partial charge in [-0.25, -0.2) is 22.4 Å². The predicted octanol–water partition coefficient (Wildman–Crippen LogP) is 2.34. The first-order valence-corrected chi connectivity index (χ1v) is 3.82. The molecule has 0 spiro atoms. The Labute approximate surface area is 82.5 Å². The topological polar surface area (TPSA) is 26.3 Å². The van der Waals surface area contributed by atoms with Crippen LogP contribution in [-0.2, 0) is 4.74 Å². The average molecular weight is 222 g/mol. The molecule has 0 saturated heterocycles. The van der Waals surface area contributed by atoms with Crippen molar-refractivity contribution in [2.45, 2.75) is 6.92 Å². The van der Waals surface area contributed by atoms with Crippen molar-refractivity contribution in [3.8, 4) is 0 Å².